The summed E-state index contributed by atoms with van der Waals surface area (Å²) in [5.41, 5.74) is 0. The lowest BCUT2D eigenvalue weighted by atomic mass is 9.86. The summed E-state index contributed by atoms with van der Waals surface area (Å²) in [6.07, 6.45) is 3.64. The Balaban J connectivity index is 1.69. The van der Waals surface area contributed by atoms with Gasteiger partial charge < -0.3 is 15.2 Å². The van der Waals surface area contributed by atoms with Crippen molar-refractivity contribution in [3.8, 4) is 0 Å². The molecule has 1 fully saturated rings. The van der Waals surface area contributed by atoms with Gasteiger partial charge in [-0.1, -0.05) is 0 Å². The number of rotatable bonds is 8. The van der Waals surface area contributed by atoms with Gasteiger partial charge in [-0.2, -0.15) is 0 Å². The van der Waals surface area contributed by atoms with Crippen molar-refractivity contribution in [1.29, 1.82) is 0 Å². The second-order valence-electron chi connectivity index (χ2n) is 6.06. The number of aliphatic carboxylic acids is 1. The Hall–Kier alpha value is -1.40. The predicted octanol–water partition coefficient (Wildman–Crippen LogP) is 2.62. The summed E-state index contributed by atoms with van der Waals surface area (Å²) in [6.45, 7) is 3.52. The molecule has 2 heterocycles. The number of carbonyl (C=O) groups excluding carboxylic acids is 1. The molecule has 5 nitrogen and oxygen atoms in total. The van der Waals surface area contributed by atoms with E-state index in [4.69, 9.17) is 4.74 Å². The molecule has 1 aromatic heterocycles. The van der Waals surface area contributed by atoms with Crippen LogP contribution in [0.2, 0.25) is 0 Å². The molecule has 23 heavy (non-hydrogen) atoms. The summed E-state index contributed by atoms with van der Waals surface area (Å²) in [5, 5.41) is 12.2. The van der Waals surface area contributed by atoms with Crippen molar-refractivity contribution in [2.45, 2.75) is 39.0 Å². The smallest absolute Gasteiger partial charge is 0.308 e. The van der Waals surface area contributed by atoms with Gasteiger partial charge in [-0.25, -0.2) is 0 Å². The molecule has 0 aromatic carbocycles. The van der Waals surface area contributed by atoms with E-state index in [0.717, 1.165) is 25.7 Å². The number of ether oxygens (including phenoxy) is 1. The number of amides is 1. The molecule has 0 aliphatic carbocycles. The number of carboxylic acid groups (broad SMARTS) is 1. The van der Waals surface area contributed by atoms with Crippen molar-refractivity contribution < 1.29 is 19.4 Å². The Labute approximate surface area is 141 Å². The van der Waals surface area contributed by atoms with Crippen LogP contribution in [0.25, 0.3) is 0 Å². The van der Waals surface area contributed by atoms with Gasteiger partial charge in [-0.15, -0.1) is 11.3 Å². The lowest BCUT2D eigenvalue weighted by Crippen LogP contribution is -2.38. The molecule has 6 heteroatoms. The maximum absolute atomic E-state index is 11.9. The van der Waals surface area contributed by atoms with Gasteiger partial charge in [-0.3, -0.25) is 9.59 Å². The van der Waals surface area contributed by atoms with Crippen molar-refractivity contribution in [3.63, 3.8) is 0 Å². The molecule has 0 saturated carbocycles. The molecule has 2 rings (SSSR count). The van der Waals surface area contributed by atoms with Crippen LogP contribution in [0.3, 0.4) is 0 Å². The largest absolute Gasteiger partial charge is 0.481 e. The zero-order valence-corrected chi connectivity index (χ0v) is 14.4. The summed E-state index contributed by atoms with van der Waals surface area (Å²) in [7, 11) is 0. The zero-order valence-electron chi connectivity index (χ0n) is 13.5. The minimum absolute atomic E-state index is 0.0587. The molecule has 2 N–H and O–H groups in total. The molecule has 1 atom stereocenters. The summed E-state index contributed by atoms with van der Waals surface area (Å²) in [6, 6.07) is 4.19. The van der Waals surface area contributed by atoms with Crippen LogP contribution >= 0.6 is 11.3 Å². The van der Waals surface area contributed by atoms with E-state index in [1.54, 1.807) is 11.3 Å². The molecule has 0 bridgehead atoms. The number of thiophene rings is 1. The van der Waals surface area contributed by atoms with Crippen LogP contribution in [0.1, 0.15) is 35.4 Å². The maximum atomic E-state index is 11.9. The van der Waals surface area contributed by atoms with Crippen molar-refractivity contribution in [2.24, 2.45) is 11.8 Å². The van der Waals surface area contributed by atoms with Crippen LogP contribution in [-0.4, -0.2) is 36.7 Å². The lowest BCUT2D eigenvalue weighted by Gasteiger charge is -2.27. The Morgan fingerprint density at radius 1 is 1.39 bits per heavy atom. The van der Waals surface area contributed by atoms with Gasteiger partial charge in [-0.05, 0) is 50.7 Å². The monoisotopic (exact) mass is 339 g/mol. The third-order valence-corrected chi connectivity index (χ3v) is 5.35. The van der Waals surface area contributed by atoms with Gasteiger partial charge >= 0.3 is 5.97 Å². The van der Waals surface area contributed by atoms with Gasteiger partial charge in [0.2, 0.25) is 5.91 Å². The van der Waals surface area contributed by atoms with Crippen LogP contribution in [0.4, 0.5) is 0 Å². The van der Waals surface area contributed by atoms with Crippen LogP contribution < -0.4 is 5.32 Å². The normalized spacial score (nSPS) is 16.9. The van der Waals surface area contributed by atoms with Gasteiger partial charge in [0.25, 0.3) is 0 Å². The number of hydrogen-bond donors (Lipinski definition) is 2. The molecular formula is C17H25NO4S. The minimum atomic E-state index is -0.828. The number of carboxylic acids is 1. The second kappa shape index (κ2) is 9.03. The maximum Gasteiger partial charge on any atom is 0.308 e. The van der Waals surface area contributed by atoms with E-state index in [1.165, 1.54) is 9.75 Å². The average Bonchev–Trinajstić information content (AvgIpc) is 2.94. The Morgan fingerprint density at radius 3 is 2.74 bits per heavy atom. The third kappa shape index (κ3) is 5.95. The van der Waals surface area contributed by atoms with E-state index in [0.29, 0.717) is 19.6 Å². The van der Waals surface area contributed by atoms with E-state index in [2.05, 4.69) is 24.4 Å². The quantitative estimate of drug-likeness (QED) is 0.763. The van der Waals surface area contributed by atoms with Crippen molar-refractivity contribution in [1.82, 2.24) is 5.32 Å². The zero-order chi connectivity index (χ0) is 16.7. The molecular weight excluding hydrogens is 314 g/mol. The van der Waals surface area contributed by atoms with Crippen LogP contribution in [0, 0.1) is 18.8 Å². The third-order valence-electron chi connectivity index (χ3n) is 4.29. The Kier molecular flexibility index (Phi) is 7.05. The molecule has 1 saturated heterocycles. The van der Waals surface area contributed by atoms with Crippen molar-refractivity contribution in [2.75, 3.05) is 19.8 Å². The standard InChI is InChI=1S/C17H25NO4S/c1-12-5-6-14(23-12)3-2-4-16(19)18-11-15(17(20)21)13-7-9-22-10-8-13/h5-6,13,15H,2-4,7-11H2,1H3,(H,18,19)(H,20,21). The van der Waals surface area contributed by atoms with Crippen LogP contribution in [0.5, 0.6) is 0 Å². The minimum Gasteiger partial charge on any atom is -0.481 e. The van der Waals surface area contributed by atoms with Crippen molar-refractivity contribution >= 4 is 23.2 Å². The predicted molar refractivity (Wildman–Crippen MR) is 89.7 cm³/mol. The van der Waals surface area contributed by atoms with Gasteiger partial charge in [0.15, 0.2) is 0 Å². The molecule has 1 aliphatic rings. The molecule has 1 unspecified atom stereocenters. The summed E-state index contributed by atoms with van der Waals surface area (Å²) in [5.74, 6) is -1.30. The number of aryl methyl sites for hydroxylation is 2. The number of nitrogens with one attached hydrogen (secondary N) is 1. The van der Waals surface area contributed by atoms with E-state index in [1.807, 2.05) is 0 Å². The fraction of sp³-hybridized carbons (Fsp3) is 0.647. The molecule has 1 aromatic rings. The Morgan fingerprint density at radius 2 is 2.13 bits per heavy atom. The summed E-state index contributed by atoms with van der Waals surface area (Å²) < 4.78 is 5.27. The molecule has 1 amide bonds. The van der Waals surface area contributed by atoms with E-state index in [9.17, 15) is 14.7 Å². The Bertz CT molecular complexity index is 522. The first-order valence-electron chi connectivity index (χ1n) is 8.19. The average molecular weight is 339 g/mol. The highest BCUT2D eigenvalue weighted by Gasteiger charge is 2.29. The molecule has 0 spiro atoms. The molecule has 1 aliphatic heterocycles. The molecule has 128 valence electrons. The van der Waals surface area contributed by atoms with E-state index < -0.39 is 11.9 Å². The number of carbonyl (C=O) groups is 2. The summed E-state index contributed by atoms with van der Waals surface area (Å²) in [4.78, 5) is 25.9. The molecule has 0 radical (unpaired) electrons. The van der Waals surface area contributed by atoms with Gasteiger partial charge in [0, 0.05) is 35.9 Å². The number of hydrogen-bond acceptors (Lipinski definition) is 4. The fourth-order valence-electron chi connectivity index (χ4n) is 2.93. The van der Waals surface area contributed by atoms with E-state index in [-0.39, 0.29) is 18.4 Å². The highest BCUT2D eigenvalue weighted by Crippen LogP contribution is 2.24. The van der Waals surface area contributed by atoms with E-state index >= 15 is 0 Å². The van der Waals surface area contributed by atoms with Crippen LogP contribution in [-0.2, 0) is 20.7 Å². The highest BCUT2D eigenvalue weighted by molar-refractivity contribution is 7.11. The fourth-order valence-corrected chi connectivity index (χ4v) is 3.86. The topological polar surface area (TPSA) is 75.6 Å². The first-order valence-corrected chi connectivity index (χ1v) is 9.00. The van der Waals surface area contributed by atoms with Gasteiger partial charge in [0.05, 0.1) is 5.92 Å². The first kappa shape index (κ1) is 17.9. The SMILES string of the molecule is Cc1ccc(CCCC(=O)NCC(C(=O)O)C2CCOCC2)s1. The summed E-state index contributed by atoms with van der Waals surface area (Å²) >= 11 is 1.76. The highest BCUT2D eigenvalue weighted by atomic mass is 32.1. The second-order valence-corrected chi connectivity index (χ2v) is 7.44. The van der Waals surface area contributed by atoms with Crippen molar-refractivity contribution in [3.05, 3.63) is 21.9 Å². The lowest BCUT2D eigenvalue weighted by molar-refractivity contribution is -0.144. The first-order chi connectivity index (χ1) is 11.1. The van der Waals surface area contributed by atoms with Gasteiger partial charge in [0.1, 0.15) is 0 Å². The van der Waals surface area contributed by atoms with Crippen LogP contribution in [0.15, 0.2) is 12.1 Å².